The Bertz CT molecular complexity index is 223. The van der Waals surface area contributed by atoms with Crippen molar-refractivity contribution in [2.24, 2.45) is 0 Å². The van der Waals surface area contributed by atoms with Crippen molar-refractivity contribution in [2.45, 2.75) is 26.6 Å². The maximum atomic E-state index is 4.86. The maximum Gasteiger partial charge on any atom is 0.161 e. The van der Waals surface area contributed by atoms with Gasteiger partial charge in [0.15, 0.2) is 5.79 Å². The highest BCUT2D eigenvalue weighted by molar-refractivity contribution is 5.11. The van der Waals surface area contributed by atoms with Gasteiger partial charge in [-0.2, -0.15) is 0 Å². The summed E-state index contributed by atoms with van der Waals surface area (Å²) >= 11 is 0. The second kappa shape index (κ2) is 6.57. The van der Waals surface area contributed by atoms with Crippen molar-refractivity contribution in [3.8, 4) is 0 Å². The molecule has 0 amide bonds. The van der Waals surface area contributed by atoms with Crippen LogP contribution in [0.2, 0.25) is 0 Å². The Balaban J connectivity index is 0.000000241. The molecule has 1 aromatic carbocycles. The lowest BCUT2D eigenvalue weighted by Gasteiger charge is -2.19. The van der Waals surface area contributed by atoms with Crippen molar-refractivity contribution in [1.29, 1.82) is 0 Å². The summed E-state index contributed by atoms with van der Waals surface area (Å²) in [6.07, 6.45) is 0. The Morgan fingerprint density at radius 2 is 1.36 bits per heavy atom. The van der Waals surface area contributed by atoms with E-state index in [4.69, 9.17) is 9.47 Å². The lowest BCUT2D eigenvalue weighted by Crippen LogP contribution is -2.24. The van der Waals surface area contributed by atoms with Gasteiger partial charge in [0.2, 0.25) is 0 Å². The van der Waals surface area contributed by atoms with E-state index in [9.17, 15) is 0 Å². The van der Waals surface area contributed by atoms with Crippen LogP contribution in [0.25, 0.3) is 0 Å². The first-order valence-electron chi connectivity index (χ1n) is 4.64. The third-order valence-electron chi connectivity index (χ3n) is 1.92. The molecule has 0 spiro atoms. The van der Waals surface area contributed by atoms with Crippen LogP contribution in [0.4, 0.5) is 0 Å². The molecule has 0 aliphatic heterocycles. The summed E-state index contributed by atoms with van der Waals surface area (Å²) in [5, 5.41) is 0. The number of ether oxygens (including phenoxy) is 2. The van der Waals surface area contributed by atoms with E-state index >= 15 is 0 Å². The highest BCUT2D eigenvalue weighted by atomic mass is 16.7. The fourth-order valence-corrected chi connectivity index (χ4v) is 0.618. The van der Waals surface area contributed by atoms with E-state index in [2.05, 4.69) is 19.1 Å². The Hall–Kier alpha value is -0.860. The van der Waals surface area contributed by atoms with Crippen molar-refractivity contribution in [3.63, 3.8) is 0 Å². The van der Waals surface area contributed by atoms with Gasteiger partial charge in [0.25, 0.3) is 0 Å². The minimum Gasteiger partial charge on any atom is -0.354 e. The van der Waals surface area contributed by atoms with Crippen LogP contribution in [0.15, 0.2) is 30.3 Å². The normalized spacial score (nSPS) is 10.4. The summed E-state index contributed by atoms with van der Waals surface area (Å²) in [7, 11) is 3.23. The maximum absolute atomic E-state index is 4.86. The molecule has 2 heteroatoms. The van der Waals surface area contributed by atoms with Gasteiger partial charge in [-0.15, -0.1) is 0 Å². The molecule has 1 rings (SSSR count). The van der Waals surface area contributed by atoms with Gasteiger partial charge in [-0.1, -0.05) is 35.9 Å². The van der Waals surface area contributed by atoms with Crippen LogP contribution < -0.4 is 0 Å². The average molecular weight is 196 g/mol. The van der Waals surface area contributed by atoms with E-state index in [0.717, 1.165) is 0 Å². The van der Waals surface area contributed by atoms with Gasteiger partial charge in [0.05, 0.1) is 0 Å². The first-order chi connectivity index (χ1) is 6.52. The van der Waals surface area contributed by atoms with Crippen molar-refractivity contribution < 1.29 is 9.47 Å². The molecule has 0 saturated carbocycles. The molecule has 0 aliphatic carbocycles. The van der Waals surface area contributed by atoms with Crippen LogP contribution in [0.3, 0.4) is 0 Å². The zero-order valence-corrected chi connectivity index (χ0v) is 9.70. The highest BCUT2D eigenvalue weighted by Gasteiger charge is 2.11. The SMILES string of the molecule is COC(C)(C)OC.Cc1ccccc1. The molecular formula is C12H20O2. The smallest absolute Gasteiger partial charge is 0.161 e. The number of benzene rings is 1. The largest absolute Gasteiger partial charge is 0.354 e. The van der Waals surface area contributed by atoms with E-state index in [1.54, 1.807) is 14.2 Å². The van der Waals surface area contributed by atoms with Crippen LogP contribution in [-0.2, 0) is 9.47 Å². The molecule has 80 valence electrons. The molecule has 0 atom stereocenters. The number of aryl methyl sites for hydroxylation is 1. The number of hydrogen-bond acceptors (Lipinski definition) is 2. The molecule has 0 fully saturated rings. The fourth-order valence-electron chi connectivity index (χ4n) is 0.618. The Morgan fingerprint density at radius 1 is 0.929 bits per heavy atom. The van der Waals surface area contributed by atoms with E-state index in [0.29, 0.717) is 0 Å². The molecule has 0 heterocycles. The standard InChI is InChI=1S/C7H8.C5H12O2/c1-7-5-3-2-4-6-7;1-5(2,6-3)7-4/h2-6H,1H3;1-4H3. The zero-order chi connectivity index (χ0) is 11.0. The van der Waals surface area contributed by atoms with Gasteiger partial charge in [0.1, 0.15) is 0 Å². The summed E-state index contributed by atoms with van der Waals surface area (Å²) < 4.78 is 9.73. The van der Waals surface area contributed by atoms with E-state index in [1.807, 2.05) is 32.0 Å². The molecule has 0 unspecified atom stereocenters. The Kier molecular flexibility index (Phi) is 6.17. The van der Waals surface area contributed by atoms with Crippen LogP contribution >= 0.6 is 0 Å². The van der Waals surface area contributed by atoms with Crippen molar-refractivity contribution >= 4 is 0 Å². The molecule has 0 N–H and O–H groups in total. The van der Waals surface area contributed by atoms with Gasteiger partial charge in [-0.3, -0.25) is 0 Å². The summed E-state index contributed by atoms with van der Waals surface area (Å²) in [5.41, 5.74) is 1.32. The lowest BCUT2D eigenvalue weighted by molar-refractivity contribution is -0.178. The summed E-state index contributed by atoms with van der Waals surface area (Å²) in [5.74, 6) is -0.417. The van der Waals surface area contributed by atoms with E-state index in [-0.39, 0.29) is 0 Å². The van der Waals surface area contributed by atoms with Crippen molar-refractivity contribution in [2.75, 3.05) is 14.2 Å². The second-order valence-electron chi connectivity index (χ2n) is 3.46. The van der Waals surface area contributed by atoms with Crippen LogP contribution in [-0.4, -0.2) is 20.0 Å². The highest BCUT2D eigenvalue weighted by Crippen LogP contribution is 2.05. The lowest BCUT2D eigenvalue weighted by atomic mass is 10.2. The Morgan fingerprint density at radius 3 is 1.50 bits per heavy atom. The van der Waals surface area contributed by atoms with E-state index < -0.39 is 5.79 Å². The third kappa shape index (κ3) is 6.63. The summed E-state index contributed by atoms with van der Waals surface area (Å²) in [4.78, 5) is 0. The summed E-state index contributed by atoms with van der Waals surface area (Å²) in [6, 6.07) is 10.3. The second-order valence-corrected chi connectivity index (χ2v) is 3.46. The average Bonchev–Trinajstić information content (AvgIpc) is 2.20. The van der Waals surface area contributed by atoms with Gasteiger partial charge in [-0.25, -0.2) is 0 Å². The predicted octanol–water partition coefficient (Wildman–Crippen LogP) is 3.01. The molecule has 2 nitrogen and oxygen atoms in total. The van der Waals surface area contributed by atoms with Gasteiger partial charge in [-0.05, 0) is 20.8 Å². The minimum absolute atomic E-state index is 0.417. The molecule has 0 radical (unpaired) electrons. The van der Waals surface area contributed by atoms with Crippen LogP contribution in [0.1, 0.15) is 19.4 Å². The van der Waals surface area contributed by atoms with Gasteiger partial charge < -0.3 is 9.47 Å². The van der Waals surface area contributed by atoms with Crippen molar-refractivity contribution in [3.05, 3.63) is 35.9 Å². The van der Waals surface area contributed by atoms with Gasteiger partial charge in [0, 0.05) is 14.2 Å². The van der Waals surface area contributed by atoms with Crippen molar-refractivity contribution in [1.82, 2.24) is 0 Å². The quantitative estimate of drug-likeness (QED) is 0.677. The topological polar surface area (TPSA) is 18.5 Å². The van der Waals surface area contributed by atoms with E-state index in [1.165, 1.54) is 5.56 Å². The van der Waals surface area contributed by atoms with Gasteiger partial charge >= 0.3 is 0 Å². The monoisotopic (exact) mass is 196 g/mol. The first kappa shape index (κ1) is 13.1. The third-order valence-corrected chi connectivity index (χ3v) is 1.92. The minimum atomic E-state index is -0.417. The fraction of sp³-hybridized carbons (Fsp3) is 0.500. The summed E-state index contributed by atoms with van der Waals surface area (Å²) in [6.45, 7) is 5.79. The number of methoxy groups -OCH3 is 2. The molecule has 0 bridgehead atoms. The van der Waals surface area contributed by atoms with Crippen LogP contribution in [0.5, 0.6) is 0 Å². The molecule has 1 aromatic rings. The molecule has 0 saturated heterocycles. The zero-order valence-electron chi connectivity index (χ0n) is 9.70. The molecule has 14 heavy (non-hydrogen) atoms. The first-order valence-corrected chi connectivity index (χ1v) is 4.64. The molecule has 0 aliphatic rings. The number of hydrogen-bond donors (Lipinski definition) is 0. The predicted molar refractivity (Wildman–Crippen MR) is 59.3 cm³/mol. The Labute approximate surface area is 86.9 Å². The van der Waals surface area contributed by atoms with Crippen LogP contribution in [0, 0.1) is 6.92 Å². The molecule has 0 aromatic heterocycles. The number of rotatable bonds is 2. The molecular weight excluding hydrogens is 176 g/mol.